The quantitative estimate of drug-likeness (QED) is 0.467. The maximum Gasteiger partial charge on any atom is 0.195 e. The molecule has 2 aliphatic heterocycles. The van der Waals surface area contributed by atoms with Crippen molar-refractivity contribution in [1.29, 1.82) is 5.26 Å². The van der Waals surface area contributed by atoms with Gasteiger partial charge in [0, 0.05) is 53.8 Å². The van der Waals surface area contributed by atoms with Crippen LogP contribution in [0.1, 0.15) is 85.8 Å². The van der Waals surface area contributed by atoms with Gasteiger partial charge >= 0.3 is 0 Å². The van der Waals surface area contributed by atoms with Gasteiger partial charge in [-0.3, -0.25) is 9.69 Å². The van der Waals surface area contributed by atoms with Crippen LogP contribution in [-0.2, 0) is 16.6 Å². The minimum atomic E-state index is -0.348. The molecule has 1 aliphatic carbocycles. The molecule has 2 fully saturated rings. The van der Waals surface area contributed by atoms with E-state index in [1.165, 1.54) is 5.56 Å². The van der Waals surface area contributed by atoms with Gasteiger partial charge in [0.2, 0.25) is 0 Å². The molecule has 2 saturated heterocycles. The van der Waals surface area contributed by atoms with E-state index in [-0.39, 0.29) is 16.7 Å². The van der Waals surface area contributed by atoms with Gasteiger partial charge < -0.3 is 14.6 Å². The Kier molecular flexibility index (Phi) is 6.36. The van der Waals surface area contributed by atoms with Crippen LogP contribution in [0, 0.1) is 17.2 Å². The van der Waals surface area contributed by atoms with Gasteiger partial charge in [0.25, 0.3) is 0 Å². The molecule has 0 saturated carbocycles. The van der Waals surface area contributed by atoms with E-state index in [0.29, 0.717) is 11.5 Å². The Labute approximate surface area is 231 Å². The van der Waals surface area contributed by atoms with Gasteiger partial charge in [0.15, 0.2) is 5.78 Å². The average Bonchev–Trinajstić information content (AvgIpc) is 3.36. The number of piperidine rings is 1. The van der Waals surface area contributed by atoms with E-state index in [1.807, 2.05) is 24.3 Å². The molecule has 39 heavy (non-hydrogen) atoms. The normalized spacial score (nSPS) is 20.6. The van der Waals surface area contributed by atoms with Crippen molar-refractivity contribution in [3.8, 4) is 6.07 Å². The number of H-pyrrole nitrogens is 1. The van der Waals surface area contributed by atoms with E-state index in [9.17, 15) is 10.1 Å². The number of nitrogens with one attached hydrogen (secondary N) is 1. The summed E-state index contributed by atoms with van der Waals surface area (Å²) >= 11 is 0. The molecule has 1 N–H and O–H groups in total. The van der Waals surface area contributed by atoms with Crippen molar-refractivity contribution in [3.63, 3.8) is 0 Å². The molecule has 0 bridgehead atoms. The van der Waals surface area contributed by atoms with Crippen molar-refractivity contribution in [2.45, 2.75) is 64.8 Å². The SMILES string of the molecule is CCc1cccc2c1C(C)(C)c1[nH]c3c(N4CCC(C(C)C)(N5CCOCC5)CC4)c(C#N)ccc3c1C2=O. The van der Waals surface area contributed by atoms with E-state index in [1.54, 1.807) is 0 Å². The molecule has 0 unspecified atom stereocenters. The van der Waals surface area contributed by atoms with Gasteiger partial charge in [0.1, 0.15) is 6.07 Å². The zero-order valence-corrected chi connectivity index (χ0v) is 24.0. The fraction of sp³-hybridized carbons (Fsp3) is 0.515. The standard InChI is InChI=1S/C33H40N4O2/c1-6-22-8-7-9-25-27(22)32(4,5)31-26(30(25)38)24-11-10-23(20-34)29(28(24)35-31)36-14-12-33(13-15-36,21(2)3)37-16-18-39-19-17-37/h7-11,21,35H,6,12-19H2,1-5H3. The highest BCUT2D eigenvalue weighted by atomic mass is 16.5. The van der Waals surface area contributed by atoms with Gasteiger partial charge in [-0.2, -0.15) is 5.26 Å². The Hall–Kier alpha value is -3.14. The number of anilines is 1. The number of nitriles is 1. The summed E-state index contributed by atoms with van der Waals surface area (Å²) in [4.78, 5) is 22.8. The monoisotopic (exact) mass is 524 g/mol. The van der Waals surface area contributed by atoms with Gasteiger partial charge in [-0.15, -0.1) is 0 Å². The number of nitrogens with zero attached hydrogens (tertiary/aromatic N) is 3. The number of morpholine rings is 1. The molecule has 6 rings (SSSR count). The Morgan fingerprint density at radius 1 is 1.08 bits per heavy atom. The van der Waals surface area contributed by atoms with Gasteiger partial charge in [0.05, 0.1) is 35.5 Å². The molecule has 6 nitrogen and oxygen atoms in total. The number of fused-ring (bicyclic) bond motifs is 4. The molecule has 3 heterocycles. The number of ketones is 1. The minimum absolute atomic E-state index is 0.0846. The summed E-state index contributed by atoms with van der Waals surface area (Å²) in [5, 5.41) is 11.1. The van der Waals surface area contributed by atoms with Crippen LogP contribution < -0.4 is 4.90 Å². The van der Waals surface area contributed by atoms with E-state index in [2.05, 4.69) is 61.5 Å². The summed E-state index contributed by atoms with van der Waals surface area (Å²) < 4.78 is 5.67. The van der Waals surface area contributed by atoms with Crippen LogP contribution in [-0.4, -0.2) is 60.6 Å². The lowest BCUT2D eigenvalue weighted by Gasteiger charge is -2.53. The number of aromatic amines is 1. The van der Waals surface area contributed by atoms with Crippen molar-refractivity contribution in [1.82, 2.24) is 9.88 Å². The molecule has 3 aliphatic rings. The summed E-state index contributed by atoms with van der Waals surface area (Å²) in [5.41, 5.74) is 7.23. The summed E-state index contributed by atoms with van der Waals surface area (Å²) in [7, 11) is 0. The summed E-state index contributed by atoms with van der Waals surface area (Å²) in [6.45, 7) is 16.6. The first-order valence-electron chi connectivity index (χ1n) is 14.6. The molecule has 0 atom stereocenters. The fourth-order valence-electron chi connectivity index (χ4n) is 7.84. The van der Waals surface area contributed by atoms with Crippen LogP contribution in [0.25, 0.3) is 10.9 Å². The highest BCUT2D eigenvalue weighted by Crippen LogP contribution is 2.47. The third-order valence-corrected chi connectivity index (χ3v) is 9.98. The molecular formula is C33H40N4O2. The summed E-state index contributed by atoms with van der Waals surface area (Å²) in [5.74, 6) is 0.618. The number of hydrogen-bond donors (Lipinski definition) is 1. The predicted molar refractivity (Wildman–Crippen MR) is 156 cm³/mol. The number of aryl methyl sites for hydroxylation is 1. The number of carbonyl (C=O) groups is 1. The van der Waals surface area contributed by atoms with Gasteiger partial charge in [-0.1, -0.05) is 58.9 Å². The van der Waals surface area contributed by atoms with Crippen molar-refractivity contribution in [3.05, 3.63) is 63.8 Å². The zero-order chi connectivity index (χ0) is 27.5. The molecule has 1 aromatic heterocycles. The molecule has 3 aromatic rings. The number of carbonyl (C=O) groups excluding carboxylic acids is 1. The van der Waals surface area contributed by atoms with Gasteiger partial charge in [-0.05, 0) is 42.4 Å². The number of benzene rings is 2. The van der Waals surface area contributed by atoms with Crippen molar-refractivity contribution >= 4 is 22.4 Å². The maximum absolute atomic E-state index is 14.0. The Morgan fingerprint density at radius 2 is 1.79 bits per heavy atom. The second-order valence-electron chi connectivity index (χ2n) is 12.4. The summed E-state index contributed by atoms with van der Waals surface area (Å²) in [6, 6.07) is 12.5. The highest BCUT2D eigenvalue weighted by molar-refractivity contribution is 6.21. The topological polar surface area (TPSA) is 72.4 Å². The third-order valence-electron chi connectivity index (χ3n) is 9.98. The first-order chi connectivity index (χ1) is 18.7. The molecule has 6 heteroatoms. The Morgan fingerprint density at radius 3 is 2.44 bits per heavy atom. The summed E-state index contributed by atoms with van der Waals surface area (Å²) in [6.07, 6.45) is 2.97. The lowest BCUT2D eigenvalue weighted by molar-refractivity contribution is -0.0522. The zero-order valence-electron chi connectivity index (χ0n) is 24.0. The number of ether oxygens (including phenoxy) is 1. The van der Waals surface area contributed by atoms with E-state index >= 15 is 0 Å². The van der Waals surface area contributed by atoms with Crippen LogP contribution in [0.3, 0.4) is 0 Å². The van der Waals surface area contributed by atoms with E-state index < -0.39 is 0 Å². The smallest absolute Gasteiger partial charge is 0.195 e. The average molecular weight is 525 g/mol. The second kappa shape index (κ2) is 9.50. The molecular weight excluding hydrogens is 484 g/mol. The molecule has 0 amide bonds. The largest absolute Gasteiger partial charge is 0.379 e. The first-order valence-corrected chi connectivity index (χ1v) is 14.6. The number of rotatable bonds is 4. The first kappa shape index (κ1) is 26.1. The molecule has 2 aromatic carbocycles. The Balaban J connectivity index is 1.45. The van der Waals surface area contributed by atoms with Crippen LogP contribution in [0.2, 0.25) is 0 Å². The predicted octanol–water partition coefficient (Wildman–Crippen LogP) is 5.80. The lowest BCUT2D eigenvalue weighted by atomic mass is 9.69. The Bertz CT molecular complexity index is 1480. The maximum atomic E-state index is 14.0. The van der Waals surface area contributed by atoms with Crippen molar-refractivity contribution in [2.75, 3.05) is 44.3 Å². The number of aromatic nitrogens is 1. The van der Waals surface area contributed by atoms with Crippen LogP contribution in [0.5, 0.6) is 0 Å². The van der Waals surface area contributed by atoms with Crippen LogP contribution in [0.15, 0.2) is 30.3 Å². The molecule has 0 radical (unpaired) electrons. The van der Waals surface area contributed by atoms with Crippen LogP contribution in [0.4, 0.5) is 5.69 Å². The molecule has 0 spiro atoms. The van der Waals surface area contributed by atoms with E-state index in [4.69, 9.17) is 4.74 Å². The van der Waals surface area contributed by atoms with Crippen LogP contribution >= 0.6 is 0 Å². The molecule has 204 valence electrons. The third kappa shape index (κ3) is 3.77. The van der Waals surface area contributed by atoms with Crippen molar-refractivity contribution < 1.29 is 9.53 Å². The highest BCUT2D eigenvalue weighted by Gasteiger charge is 2.44. The second-order valence-corrected chi connectivity index (χ2v) is 12.4. The fourth-order valence-corrected chi connectivity index (χ4v) is 7.84. The number of hydrogen-bond acceptors (Lipinski definition) is 5. The lowest BCUT2D eigenvalue weighted by Crippen LogP contribution is -2.61. The van der Waals surface area contributed by atoms with Gasteiger partial charge in [-0.25, -0.2) is 0 Å². The van der Waals surface area contributed by atoms with Crippen molar-refractivity contribution in [2.24, 2.45) is 5.92 Å². The van der Waals surface area contributed by atoms with E-state index in [0.717, 1.165) is 97.6 Å². The minimum Gasteiger partial charge on any atom is -0.379 e.